The van der Waals surface area contributed by atoms with E-state index in [9.17, 15) is 5.11 Å². The Labute approximate surface area is 98.8 Å². The van der Waals surface area contributed by atoms with Crippen LogP contribution in [-0.2, 0) is 0 Å². The lowest BCUT2D eigenvalue weighted by Crippen LogP contribution is -2.48. The Morgan fingerprint density at radius 1 is 0.938 bits per heavy atom. The van der Waals surface area contributed by atoms with Crippen molar-refractivity contribution < 1.29 is 5.11 Å². The van der Waals surface area contributed by atoms with E-state index in [4.69, 9.17) is 5.73 Å². The van der Waals surface area contributed by atoms with E-state index in [0.717, 1.165) is 6.54 Å². The molecule has 3 heteroatoms. The van der Waals surface area contributed by atoms with E-state index in [1.54, 1.807) is 0 Å². The second-order valence-corrected chi connectivity index (χ2v) is 5.53. The Morgan fingerprint density at radius 2 is 1.56 bits per heavy atom. The van der Waals surface area contributed by atoms with Gasteiger partial charge in [0.05, 0.1) is 0 Å². The minimum absolute atomic E-state index is 0.345. The van der Waals surface area contributed by atoms with E-state index in [2.05, 4.69) is 5.32 Å². The predicted octanol–water partition coefficient (Wildman–Crippen LogP) is 1.25. The summed E-state index contributed by atoms with van der Waals surface area (Å²) in [5.74, 6) is 1.15. The highest BCUT2D eigenvalue weighted by Crippen LogP contribution is 2.29. The van der Waals surface area contributed by atoms with E-state index in [1.165, 1.54) is 44.9 Å². The van der Waals surface area contributed by atoms with Gasteiger partial charge in [0.2, 0.25) is 0 Å². The first kappa shape index (κ1) is 12.3. The Hall–Kier alpha value is -0.120. The number of aliphatic hydroxyl groups excluding tert-OH is 1. The van der Waals surface area contributed by atoms with Crippen molar-refractivity contribution in [1.82, 2.24) is 5.32 Å². The second kappa shape index (κ2) is 5.99. The molecule has 16 heavy (non-hydrogen) atoms. The lowest BCUT2D eigenvalue weighted by molar-refractivity contribution is 0.177. The van der Waals surface area contributed by atoms with Gasteiger partial charge >= 0.3 is 0 Å². The zero-order chi connectivity index (χ0) is 11.4. The monoisotopic (exact) mass is 226 g/mol. The summed E-state index contributed by atoms with van der Waals surface area (Å²) in [5.41, 5.74) is 5.85. The molecule has 0 bridgehead atoms. The molecule has 0 aliphatic heterocycles. The van der Waals surface area contributed by atoms with Crippen molar-refractivity contribution in [2.45, 2.75) is 57.0 Å². The van der Waals surface area contributed by atoms with Crippen molar-refractivity contribution in [1.29, 1.82) is 0 Å². The predicted molar refractivity (Wildman–Crippen MR) is 66.2 cm³/mol. The van der Waals surface area contributed by atoms with Gasteiger partial charge in [0.25, 0.3) is 0 Å². The van der Waals surface area contributed by atoms with Gasteiger partial charge in [-0.15, -0.1) is 0 Å². The molecule has 2 saturated carbocycles. The van der Waals surface area contributed by atoms with Gasteiger partial charge in [0, 0.05) is 18.7 Å². The van der Waals surface area contributed by atoms with Crippen molar-refractivity contribution in [2.24, 2.45) is 17.6 Å². The molecule has 2 fully saturated rings. The maximum Gasteiger partial charge on any atom is 0.0474 e. The molecule has 0 aromatic rings. The summed E-state index contributed by atoms with van der Waals surface area (Å²) in [6, 6.07) is 1.15. The Kier molecular flexibility index (Phi) is 4.62. The normalized spacial score (nSPS) is 40.1. The third-order valence-corrected chi connectivity index (χ3v) is 4.53. The van der Waals surface area contributed by atoms with Crippen LogP contribution in [0.5, 0.6) is 0 Å². The molecule has 0 saturated heterocycles. The van der Waals surface area contributed by atoms with Crippen LogP contribution in [0.3, 0.4) is 0 Å². The van der Waals surface area contributed by atoms with Gasteiger partial charge in [-0.1, -0.05) is 19.3 Å². The molecule has 0 spiro atoms. The van der Waals surface area contributed by atoms with Crippen LogP contribution in [0.1, 0.15) is 44.9 Å². The minimum Gasteiger partial charge on any atom is -0.396 e. The van der Waals surface area contributed by atoms with E-state index >= 15 is 0 Å². The third-order valence-electron chi connectivity index (χ3n) is 4.53. The molecule has 2 aliphatic carbocycles. The molecule has 0 aromatic heterocycles. The molecule has 0 aromatic carbocycles. The SMILES string of the molecule is NCC1CCCCC1NC1CCCC1CO. The lowest BCUT2D eigenvalue weighted by atomic mass is 9.83. The van der Waals surface area contributed by atoms with Crippen LogP contribution in [0.4, 0.5) is 0 Å². The van der Waals surface area contributed by atoms with Crippen molar-refractivity contribution in [3.63, 3.8) is 0 Å². The third kappa shape index (κ3) is 2.76. The standard InChI is InChI=1S/C13H26N2O/c14-8-10-4-1-2-6-12(10)15-13-7-3-5-11(13)9-16/h10-13,15-16H,1-9,14H2. The molecule has 94 valence electrons. The Balaban J connectivity index is 1.86. The smallest absolute Gasteiger partial charge is 0.0474 e. The molecule has 2 aliphatic rings. The van der Waals surface area contributed by atoms with Gasteiger partial charge in [-0.3, -0.25) is 0 Å². The molecule has 0 amide bonds. The molecular weight excluding hydrogens is 200 g/mol. The van der Waals surface area contributed by atoms with Crippen LogP contribution in [0, 0.1) is 11.8 Å². The topological polar surface area (TPSA) is 58.3 Å². The zero-order valence-electron chi connectivity index (χ0n) is 10.2. The fourth-order valence-corrected chi connectivity index (χ4v) is 3.46. The van der Waals surface area contributed by atoms with Crippen LogP contribution in [0.2, 0.25) is 0 Å². The highest BCUT2D eigenvalue weighted by atomic mass is 16.3. The average molecular weight is 226 g/mol. The molecule has 0 radical (unpaired) electrons. The maximum absolute atomic E-state index is 9.32. The van der Waals surface area contributed by atoms with E-state index in [1.807, 2.05) is 0 Å². The van der Waals surface area contributed by atoms with Crippen molar-refractivity contribution in [3.8, 4) is 0 Å². The summed E-state index contributed by atoms with van der Waals surface area (Å²) >= 11 is 0. The highest BCUT2D eigenvalue weighted by Gasteiger charge is 2.31. The molecular formula is C13H26N2O. The molecule has 3 nitrogen and oxygen atoms in total. The number of rotatable bonds is 4. The van der Waals surface area contributed by atoms with Gasteiger partial charge in [0.1, 0.15) is 0 Å². The first-order chi connectivity index (χ1) is 7.85. The fourth-order valence-electron chi connectivity index (χ4n) is 3.46. The summed E-state index contributed by atoms with van der Waals surface area (Å²) in [6.45, 7) is 1.16. The van der Waals surface area contributed by atoms with Crippen LogP contribution in [-0.4, -0.2) is 30.3 Å². The van der Waals surface area contributed by atoms with Gasteiger partial charge < -0.3 is 16.2 Å². The second-order valence-electron chi connectivity index (χ2n) is 5.53. The molecule has 4 N–H and O–H groups in total. The molecule has 2 rings (SSSR count). The minimum atomic E-state index is 0.345. The van der Waals surface area contributed by atoms with Gasteiger partial charge in [-0.25, -0.2) is 0 Å². The number of nitrogens with two attached hydrogens (primary N) is 1. The number of aliphatic hydroxyl groups is 1. The number of nitrogens with one attached hydrogen (secondary N) is 1. The van der Waals surface area contributed by atoms with Gasteiger partial charge in [-0.2, -0.15) is 0 Å². The van der Waals surface area contributed by atoms with Crippen molar-refractivity contribution in [2.75, 3.05) is 13.2 Å². The summed E-state index contributed by atoms with van der Waals surface area (Å²) < 4.78 is 0. The number of hydrogen-bond donors (Lipinski definition) is 3. The quantitative estimate of drug-likeness (QED) is 0.676. The van der Waals surface area contributed by atoms with Gasteiger partial charge in [-0.05, 0) is 44.1 Å². The van der Waals surface area contributed by atoms with Gasteiger partial charge in [0.15, 0.2) is 0 Å². The lowest BCUT2D eigenvalue weighted by Gasteiger charge is -2.35. The van der Waals surface area contributed by atoms with Crippen LogP contribution in [0.25, 0.3) is 0 Å². The van der Waals surface area contributed by atoms with E-state index in [0.29, 0.717) is 30.5 Å². The van der Waals surface area contributed by atoms with Crippen molar-refractivity contribution in [3.05, 3.63) is 0 Å². The van der Waals surface area contributed by atoms with Crippen molar-refractivity contribution >= 4 is 0 Å². The van der Waals surface area contributed by atoms with Crippen LogP contribution >= 0.6 is 0 Å². The van der Waals surface area contributed by atoms with E-state index < -0.39 is 0 Å². The Bertz CT molecular complexity index is 210. The largest absolute Gasteiger partial charge is 0.396 e. The van der Waals surface area contributed by atoms with Crippen LogP contribution < -0.4 is 11.1 Å². The number of hydrogen-bond acceptors (Lipinski definition) is 3. The summed E-state index contributed by atoms with van der Waals surface area (Å²) in [7, 11) is 0. The van der Waals surface area contributed by atoms with Crippen LogP contribution in [0.15, 0.2) is 0 Å². The average Bonchev–Trinajstić information content (AvgIpc) is 2.77. The fraction of sp³-hybridized carbons (Fsp3) is 1.00. The maximum atomic E-state index is 9.32. The first-order valence-electron chi connectivity index (χ1n) is 6.92. The summed E-state index contributed by atoms with van der Waals surface area (Å²) in [4.78, 5) is 0. The Morgan fingerprint density at radius 3 is 2.31 bits per heavy atom. The zero-order valence-corrected chi connectivity index (χ0v) is 10.2. The molecule has 4 atom stereocenters. The highest BCUT2D eigenvalue weighted by molar-refractivity contribution is 4.89. The molecule has 4 unspecified atom stereocenters. The van der Waals surface area contributed by atoms with E-state index in [-0.39, 0.29) is 0 Å². The molecule has 0 heterocycles. The first-order valence-corrected chi connectivity index (χ1v) is 6.92. The summed E-state index contributed by atoms with van der Waals surface area (Å²) in [6.07, 6.45) is 8.93. The summed E-state index contributed by atoms with van der Waals surface area (Å²) in [5, 5.41) is 13.1.